The summed E-state index contributed by atoms with van der Waals surface area (Å²) >= 11 is 1.42. The molecule has 2 aliphatic carbocycles. The number of carbonyl (C=O) groups is 1. The van der Waals surface area contributed by atoms with Crippen molar-refractivity contribution < 1.29 is 4.79 Å². The lowest BCUT2D eigenvalue weighted by Crippen LogP contribution is -2.21. The number of nitrogens with zero attached hydrogens (tertiary/aromatic N) is 1. The molecule has 1 N–H and O–H groups in total. The molecule has 1 amide bonds. The minimum atomic E-state index is 0.103. The van der Waals surface area contributed by atoms with E-state index in [4.69, 9.17) is 5.26 Å². The van der Waals surface area contributed by atoms with Gasteiger partial charge in [0, 0.05) is 5.92 Å². The lowest BCUT2D eigenvalue weighted by Gasteiger charge is -2.11. The Kier molecular flexibility index (Phi) is 2.22. The van der Waals surface area contributed by atoms with Gasteiger partial charge in [-0.05, 0) is 42.5 Å². The molecule has 0 aromatic carbocycles. The summed E-state index contributed by atoms with van der Waals surface area (Å²) in [5, 5.41) is 14.3. The van der Waals surface area contributed by atoms with Crippen LogP contribution in [0.3, 0.4) is 0 Å². The van der Waals surface area contributed by atoms with Crippen molar-refractivity contribution in [3.63, 3.8) is 0 Å². The Hall–Kier alpha value is -1.34. The van der Waals surface area contributed by atoms with Crippen molar-refractivity contribution in [3.05, 3.63) is 17.0 Å². The van der Waals surface area contributed by atoms with Crippen LogP contribution in [0.5, 0.6) is 0 Å². The van der Waals surface area contributed by atoms with E-state index < -0.39 is 0 Å². The van der Waals surface area contributed by atoms with Crippen LogP contribution < -0.4 is 5.32 Å². The fourth-order valence-electron chi connectivity index (χ4n) is 2.64. The van der Waals surface area contributed by atoms with Crippen molar-refractivity contribution in [3.8, 4) is 6.07 Å². The van der Waals surface area contributed by atoms with Gasteiger partial charge in [0.05, 0.1) is 5.56 Å². The quantitative estimate of drug-likeness (QED) is 0.852. The van der Waals surface area contributed by atoms with Crippen LogP contribution in [0.4, 0.5) is 5.00 Å². The normalized spacial score (nSPS) is 30.6. The fraction of sp³-hybridized carbons (Fsp3) is 0.500. The van der Waals surface area contributed by atoms with E-state index in [1.54, 1.807) is 6.07 Å². The standard InChI is InChI=1S/C12H12N2OS/c13-6-7-1-2-16-12(7)14-11(15)10-4-8-3-9(8)5-10/h1-2,8-10H,3-5H2,(H,14,15). The minimum Gasteiger partial charge on any atom is -0.316 e. The summed E-state index contributed by atoms with van der Waals surface area (Å²) in [6, 6.07) is 3.83. The largest absolute Gasteiger partial charge is 0.316 e. The minimum absolute atomic E-state index is 0.103. The van der Waals surface area contributed by atoms with Gasteiger partial charge in [0.1, 0.15) is 11.1 Å². The zero-order valence-corrected chi connectivity index (χ0v) is 9.59. The number of hydrogen-bond donors (Lipinski definition) is 1. The predicted octanol–water partition coefficient (Wildman–Crippen LogP) is 2.60. The van der Waals surface area contributed by atoms with Gasteiger partial charge in [-0.15, -0.1) is 11.3 Å². The van der Waals surface area contributed by atoms with Crippen LogP contribution in [0.15, 0.2) is 11.4 Å². The van der Waals surface area contributed by atoms with Crippen molar-refractivity contribution in [2.24, 2.45) is 17.8 Å². The van der Waals surface area contributed by atoms with Crippen LogP contribution in [0.1, 0.15) is 24.8 Å². The van der Waals surface area contributed by atoms with E-state index >= 15 is 0 Å². The maximum absolute atomic E-state index is 11.9. The Balaban J connectivity index is 1.66. The summed E-state index contributed by atoms with van der Waals surface area (Å²) in [6.45, 7) is 0. The molecule has 2 saturated carbocycles. The van der Waals surface area contributed by atoms with Gasteiger partial charge in [-0.2, -0.15) is 5.26 Å². The van der Waals surface area contributed by atoms with Gasteiger partial charge < -0.3 is 5.32 Å². The highest BCUT2D eigenvalue weighted by Crippen LogP contribution is 2.54. The lowest BCUT2D eigenvalue weighted by atomic mass is 10.0. The highest BCUT2D eigenvalue weighted by molar-refractivity contribution is 7.14. The second kappa shape index (κ2) is 3.60. The number of thiophene rings is 1. The first-order valence-corrected chi connectivity index (χ1v) is 6.44. The van der Waals surface area contributed by atoms with Gasteiger partial charge in [-0.1, -0.05) is 0 Å². The van der Waals surface area contributed by atoms with E-state index in [0.717, 1.165) is 24.7 Å². The number of carbonyl (C=O) groups excluding carboxylic acids is 1. The van der Waals surface area contributed by atoms with Gasteiger partial charge >= 0.3 is 0 Å². The van der Waals surface area contributed by atoms with Crippen LogP contribution in [0.2, 0.25) is 0 Å². The molecule has 0 saturated heterocycles. The zero-order valence-electron chi connectivity index (χ0n) is 8.77. The third-order valence-corrected chi connectivity index (χ3v) is 4.47. The van der Waals surface area contributed by atoms with Crippen molar-refractivity contribution in [1.82, 2.24) is 0 Å². The molecule has 3 nitrogen and oxygen atoms in total. The number of amides is 1. The molecule has 1 heterocycles. The molecule has 4 heteroatoms. The molecule has 1 aromatic heterocycles. The highest BCUT2D eigenvalue weighted by Gasteiger charge is 2.48. The summed E-state index contributed by atoms with van der Waals surface area (Å²) < 4.78 is 0. The van der Waals surface area contributed by atoms with Crippen LogP contribution in [0, 0.1) is 29.1 Å². The first kappa shape index (κ1) is 9.86. The molecule has 0 spiro atoms. The molecule has 1 aromatic rings. The SMILES string of the molecule is N#Cc1ccsc1NC(=O)C1CC2CC2C1. The topological polar surface area (TPSA) is 52.9 Å². The van der Waals surface area contributed by atoms with Crippen molar-refractivity contribution >= 4 is 22.2 Å². The summed E-state index contributed by atoms with van der Waals surface area (Å²) in [5.74, 6) is 1.91. The Labute approximate surface area is 98.1 Å². The second-order valence-electron chi connectivity index (χ2n) is 4.69. The van der Waals surface area contributed by atoms with Crippen molar-refractivity contribution in [2.45, 2.75) is 19.3 Å². The van der Waals surface area contributed by atoms with Gasteiger partial charge in [0.15, 0.2) is 0 Å². The molecule has 16 heavy (non-hydrogen) atoms. The number of fused-ring (bicyclic) bond motifs is 1. The predicted molar refractivity (Wildman–Crippen MR) is 62.0 cm³/mol. The average molecular weight is 232 g/mol. The molecular weight excluding hydrogens is 220 g/mol. The number of nitriles is 1. The van der Waals surface area contributed by atoms with Crippen LogP contribution >= 0.6 is 11.3 Å². The maximum Gasteiger partial charge on any atom is 0.228 e. The van der Waals surface area contributed by atoms with E-state index in [0.29, 0.717) is 10.6 Å². The highest BCUT2D eigenvalue weighted by atomic mass is 32.1. The molecule has 2 unspecified atom stereocenters. The molecular formula is C12H12N2OS. The van der Waals surface area contributed by atoms with Crippen molar-refractivity contribution in [2.75, 3.05) is 5.32 Å². The van der Waals surface area contributed by atoms with Gasteiger partial charge in [-0.25, -0.2) is 0 Å². The molecule has 82 valence electrons. The number of anilines is 1. The van der Waals surface area contributed by atoms with E-state index in [1.807, 2.05) is 5.38 Å². The molecule has 0 radical (unpaired) electrons. The van der Waals surface area contributed by atoms with E-state index in [9.17, 15) is 4.79 Å². The number of rotatable bonds is 2. The molecule has 3 rings (SSSR count). The third kappa shape index (κ3) is 1.61. The molecule has 0 aliphatic heterocycles. The number of nitrogens with one attached hydrogen (secondary N) is 1. The molecule has 2 atom stereocenters. The van der Waals surface area contributed by atoms with Crippen molar-refractivity contribution in [1.29, 1.82) is 5.26 Å². The first-order chi connectivity index (χ1) is 7.78. The van der Waals surface area contributed by atoms with Gasteiger partial charge in [0.2, 0.25) is 5.91 Å². The smallest absolute Gasteiger partial charge is 0.228 e. The van der Waals surface area contributed by atoms with E-state index in [-0.39, 0.29) is 11.8 Å². The van der Waals surface area contributed by atoms with Gasteiger partial charge in [0.25, 0.3) is 0 Å². The van der Waals surface area contributed by atoms with Crippen LogP contribution in [-0.4, -0.2) is 5.91 Å². The monoisotopic (exact) mass is 232 g/mol. The summed E-state index contributed by atoms with van der Waals surface area (Å²) in [6.07, 6.45) is 3.42. The fourth-order valence-corrected chi connectivity index (χ4v) is 3.38. The maximum atomic E-state index is 11.9. The zero-order chi connectivity index (χ0) is 11.1. The second-order valence-corrected chi connectivity index (χ2v) is 5.60. The summed E-state index contributed by atoms with van der Waals surface area (Å²) in [4.78, 5) is 11.9. The summed E-state index contributed by atoms with van der Waals surface area (Å²) in [5.41, 5.74) is 0.571. The first-order valence-electron chi connectivity index (χ1n) is 5.56. The molecule has 0 bridgehead atoms. The molecule has 2 fully saturated rings. The van der Waals surface area contributed by atoms with E-state index in [2.05, 4.69) is 11.4 Å². The molecule has 2 aliphatic rings. The lowest BCUT2D eigenvalue weighted by molar-refractivity contribution is -0.119. The van der Waals surface area contributed by atoms with Crippen LogP contribution in [-0.2, 0) is 4.79 Å². The average Bonchev–Trinajstić information content (AvgIpc) is 2.75. The third-order valence-electron chi connectivity index (χ3n) is 3.64. The Morgan fingerprint density at radius 3 is 2.88 bits per heavy atom. The summed E-state index contributed by atoms with van der Waals surface area (Å²) in [7, 11) is 0. The van der Waals surface area contributed by atoms with Crippen LogP contribution in [0.25, 0.3) is 0 Å². The number of hydrogen-bond acceptors (Lipinski definition) is 3. The van der Waals surface area contributed by atoms with Gasteiger partial charge in [-0.3, -0.25) is 4.79 Å². The Bertz CT molecular complexity index is 464. The Morgan fingerprint density at radius 2 is 2.19 bits per heavy atom. The Morgan fingerprint density at radius 1 is 1.44 bits per heavy atom. The van der Waals surface area contributed by atoms with E-state index in [1.165, 1.54) is 17.8 Å².